The van der Waals surface area contributed by atoms with Gasteiger partial charge in [-0.05, 0) is 56.7 Å². The summed E-state index contributed by atoms with van der Waals surface area (Å²) in [5.41, 5.74) is 4.73. The highest BCUT2D eigenvalue weighted by atomic mass is 16.4. The molecular weight excluding hydrogens is 240 g/mol. The average Bonchev–Trinajstić information content (AvgIpc) is 2.32. The van der Waals surface area contributed by atoms with Crippen LogP contribution in [0.25, 0.3) is 0 Å². The lowest BCUT2D eigenvalue weighted by Gasteiger charge is -2.11. The molecule has 2 N–H and O–H groups in total. The molecule has 0 spiro atoms. The van der Waals surface area contributed by atoms with Crippen molar-refractivity contribution in [3.8, 4) is 0 Å². The molecule has 0 aliphatic rings. The molecule has 0 fully saturated rings. The highest BCUT2D eigenvalue weighted by Gasteiger charge is 2.08. The summed E-state index contributed by atoms with van der Waals surface area (Å²) in [7, 11) is 0. The number of nitrogens with zero attached hydrogens (tertiary/aromatic N) is 1. The number of carbonyl (C=O) groups is 1. The quantitative estimate of drug-likeness (QED) is 0.883. The maximum Gasteiger partial charge on any atom is 0.335 e. The number of hydrogen-bond donors (Lipinski definition) is 2. The van der Waals surface area contributed by atoms with Crippen LogP contribution in [-0.4, -0.2) is 16.1 Å². The van der Waals surface area contributed by atoms with Crippen molar-refractivity contribution in [2.45, 2.75) is 20.8 Å². The minimum atomic E-state index is -0.905. The van der Waals surface area contributed by atoms with Gasteiger partial charge in [-0.1, -0.05) is 0 Å². The van der Waals surface area contributed by atoms with Gasteiger partial charge in [0.1, 0.15) is 0 Å². The number of nitrogens with one attached hydrogen (secondary N) is 1. The molecule has 0 unspecified atom stereocenters. The van der Waals surface area contributed by atoms with Crippen LogP contribution in [0, 0.1) is 20.8 Å². The van der Waals surface area contributed by atoms with Crippen LogP contribution in [0.5, 0.6) is 0 Å². The number of aromatic carboxylic acids is 1. The number of anilines is 2. The van der Waals surface area contributed by atoms with E-state index in [2.05, 4.69) is 10.3 Å². The molecule has 1 heterocycles. The Morgan fingerprint density at radius 2 is 1.89 bits per heavy atom. The van der Waals surface area contributed by atoms with E-state index in [9.17, 15) is 4.79 Å². The molecule has 2 rings (SSSR count). The first-order valence-corrected chi connectivity index (χ1v) is 6.02. The van der Waals surface area contributed by atoms with Gasteiger partial charge in [0.25, 0.3) is 0 Å². The predicted molar refractivity (Wildman–Crippen MR) is 75.1 cm³/mol. The van der Waals surface area contributed by atoms with E-state index in [-0.39, 0.29) is 0 Å². The molecule has 19 heavy (non-hydrogen) atoms. The number of rotatable bonds is 3. The standard InChI is InChI=1S/C15H16N2O2/c1-9-8-12(5-6-13(9)15(18)19)17-14-7-4-10(2)16-11(14)3/h4-8,17H,1-3H3,(H,18,19). The van der Waals surface area contributed by atoms with E-state index in [1.165, 1.54) is 0 Å². The highest BCUT2D eigenvalue weighted by molar-refractivity contribution is 5.90. The number of aryl methyl sites for hydroxylation is 3. The molecule has 1 aromatic carbocycles. The van der Waals surface area contributed by atoms with E-state index >= 15 is 0 Å². The van der Waals surface area contributed by atoms with Crippen molar-refractivity contribution >= 4 is 17.3 Å². The molecule has 2 aromatic rings. The van der Waals surface area contributed by atoms with E-state index in [1.54, 1.807) is 19.1 Å². The minimum absolute atomic E-state index is 0.323. The second-order valence-electron chi connectivity index (χ2n) is 4.55. The summed E-state index contributed by atoms with van der Waals surface area (Å²) >= 11 is 0. The third-order valence-electron chi connectivity index (χ3n) is 2.96. The van der Waals surface area contributed by atoms with Crippen LogP contribution in [0.3, 0.4) is 0 Å². The van der Waals surface area contributed by atoms with Crippen LogP contribution in [0.2, 0.25) is 0 Å². The van der Waals surface area contributed by atoms with Crippen LogP contribution < -0.4 is 5.32 Å². The second kappa shape index (κ2) is 5.10. The second-order valence-corrected chi connectivity index (χ2v) is 4.55. The van der Waals surface area contributed by atoms with Crippen molar-refractivity contribution in [1.29, 1.82) is 0 Å². The number of aromatic nitrogens is 1. The Kier molecular flexibility index (Phi) is 3.51. The monoisotopic (exact) mass is 256 g/mol. The van der Waals surface area contributed by atoms with Gasteiger partial charge in [0.05, 0.1) is 16.9 Å². The highest BCUT2D eigenvalue weighted by Crippen LogP contribution is 2.22. The summed E-state index contributed by atoms with van der Waals surface area (Å²) in [4.78, 5) is 15.3. The molecule has 0 bridgehead atoms. The third-order valence-corrected chi connectivity index (χ3v) is 2.96. The predicted octanol–water partition coefficient (Wildman–Crippen LogP) is 3.45. The van der Waals surface area contributed by atoms with Gasteiger partial charge in [0.2, 0.25) is 0 Å². The van der Waals surface area contributed by atoms with E-state index in [1.807, 2.05) is 32.0 Å². The lowest BCUT2D eigenvalue weighted by Crippen LogP contribution is -2.01. The topological polar surface area (TPSA) is 62.2 Å². The third kappa shape index (κ3) is 2.91. The molecular formula is C15H16N2O2. The molecule has 98 valence electrons. The zero-order valence-corrected chi connectivity index (χ0v) is 11.2. The average molecular weight is 256 g/mol. The maximum absolute atomic E-state index is 11.0. The number of hydrogen-bond acceptors (Lipinski definition) is 3. The van der Waals surface area contributed by atoms with Gasteiger partial charge in [-0.25, -0.2) is 4.79 Å². The molecule has 0 saturated heterocycles. The van der Waals surface area contributed by atoms with E-state index in [0.717, 1.165) is 28.3 Å². The molecule has 0 aliphatic carbocycles. The van der Waals surface area contributed by atoms with Crippen LogP contribution in [0.4, 0.5) is 11.4 Å². The Bertz CT molecular complexity index is 636. The van der Waals surface area contributed by atoms with Crippen LogP contribution in [0.1, 0.15) is 27.3 Å². The normalized spacial score (nSPS) is 10.3. The minimum Gasteiger partial charge on any atom is -0.478 e. The summed E-state index contributed by atoms with van der Waals surface area (Å²) in [6, 6.07) is 9.10. The van der Waals surface area contributed by atoms with Gasteiger partial charge in [-0.2, -0.15) is 0 Å². The summed E-state index contributed by atoms with van der Waals surface area (Å²) in [5, 5.41) is 12.2. The fraction of sp³-hybridized carbons (Fsp3) is 0.200. The van der Waals surface area contributed by atoms with Gasteiger partial charge in [-0.3, -0.25) is 4.98 Å². The van der Waals surface area contributed by atoms with Gasteiger partial charge >= 0.3 is 5.97 Å². The van der Waals surface area contributed by atoms with Crippen molar-refractivity contribution in [1.82, 2.24) is 4.98 Å². The Labute approximate surface area is 112 Å². The molecule has 0 aliphatic heterocycles. The smallest absolute Gasteiger partial charge is 0.335 e. The number of benzene rings is 1. The SMILES string of the molecule is Cc1ccc(Nc2ccc(C(=O)O)c(C)c2)c(C)n1. The Morgan fingerprint density at radius 1 is 1.16 bits per heavy atom. The summed E-state index contributed by atoms with van der Waals surface area (Å²) in [6.45, 7) is 5.67. The molecule has 0 saturated carbocycles. The summed E-state index contributed by atoms with van der Waals surface area (Å²) in [5.74, 6) is -0.905. The maximum atomic E-state index is 11.0. The van der Waals surface area contributed by atoms with Crippen molar-refractivity contribution in [3.05, 3.63) is 52.8 Å². The lowest BCUT2D eigenvalue weighted by atomic mass is 10.1. The van der Waals surface area contributed by atoms with E-state index < -0.39 is 5.97 Å². The van der Waals surface area contributed by atoms with Crippen LogP contribution in [-0.2, 0) is 0 Å². The van der Waals surface area contributed by atoms with Crippen LogP contribution >= 0.6 is 0 Å². The fourth-order valence-corrected chi connectivity index (χ4v) is 1.96. The number of pyridine rings is 1. The van der Waals surface area contributed by atoms with Crippen molar-refractivity contribution in [2.75, 3.05) is 5.32 Å². The first-order chi connectivity index (χ1) is 8.97. The molecule has 4 nitrogen and oxygen atoms in total. The number of carboxylic acids is 1. The fourth-order valence-electron chi connectivity index (χ4n) is 1.96. The molecule has 4 heteroatoms. The van der Waals surface area contributed by atoms with Crippen LogP contribution in [0.15, 0.2) is 30.3 Å². The Balaban J connectivity index is 2.29. The van der Waals surface area contributed by atoms with Gasteiger partial charge < -0.3 is 10.4 Å². The van der Waals surface area contributed by atoms with E-state index in [0.29, 0.717) is 5.56 Å². The first-order valence-electron chi connectivity index (χ1n) is 6.02. The van der Waals surface area contributed by atoms with Gasteiger partial charge in [-0.15, -0.1) is 0 Å². The van der Waals surface area contributed by atoms with Crippen molar-refractivity contribution < 1.29 is 9.90 Å². The first kappa shape index (κ1) is 13.1. The molecule has 0 radical (unpaired) electrons. The largest absolute Gasteiger partial charge is 0.478 e. The molecule has 0 atom stereocenters. The Morgan fingerprint density at radius 3 is 2.47 bits per heavy atom. The Hall–Kier alpha value is -2.36. The van der Waals surface area contributed by atoms with Crippen molar-refractivity contribution in [3.63, 3.8) is 0 Å². The van der Waals surface area contributed by atoms with Gasteiger partial charge in [0, 0.05) is 11.4 Å². The summed E-state index contributed by atoms with van der Waals surface area (Å²) in [6.07, 6.45) is 0. The zero-order chi connectivity index (χ0) is 14.0. The molecule has 1 aromatic heterocycles. The lowest BCUT2D eigenvalue weighted by molar-refractivity contribution is 0.0696. The van der Waals surface area contributed by atoms with Crippen molar-refractivity contribution in [2.24, 2.45) is 0 Å². The zero-order valence-electron chi connectivity index (χ0n) is 11.2. The van der Waals surface area contributed by atoms with Gasteiger partial charge in [0.15, 0.2) is 0 Å². The van der Waals surface area contributed by atoms with E-state index in [4.69, 9.17) is 5.11 Å². The summed E-state index contributed by atoms with van der Waals surface area (Å²) < 4.78 is 0. The number of carboxylic acid groups (broad SMARTS) is 1. The molecule has 0 amide bonds.